The van der Waals surface area contributed by atoms with Crippen molar-refractivity contribution in [2.45, 2.75) is 124 Å². The molecule has 0 saturated carbocycles. The van der Waals surface area contributed by atoms with Crippen LogP contribution in [0.1, 0.15) is 93.6 Å². The summed E-state index contributed by atoms with van der Waals surface area (Å²) in [6.07, 6.45) is -0.141. The van der Waals surface area contributed by atoms with Crippen molar-refractivity contribution in [1.82, 2.24) is 21.3 Å². The standard InChI is InChI=1S/C37H58N4O6/c1-10-25(6)22-38-33(43)21-32(42)29(18-23(2)3)39-34(44)30(19-24(4)5)40-35(45)31(41-36(46)47-37(7,8)9)20-27-16-13-15-26-14-11-12-17-28(26)27/h11-17,23-25,29-32,42H,10,18-22H2,1-9H3,(H,38,43)(H,39,44)(H,40,45)(H,41,46)/t25?,29-,30-,31-,32-/m0/s1. The van der Waals surface area contributed by atoms with Gasteiger partial charge in [-0.15, -0.1) is 0 Å². The van der Waals surface area contributed by atoms with E-state index in [1.807, 2.05) is 84.0 Å². The summed E-state index contributed by atoms with van der Waals surface area (Å²) in [6, 6.07) is 10.9. The van der Waals surface area contributed by atoms with Gasteiger partial charge in [-0.1, -0.05) is 90.4 Å². The van der Waals surface area contributed by atoms with E-state index in [2.05, 4.69) is 21.3 Å². The Hall–Kier alpha value is -3.66. The van der Waals surface area contributed by atoms with Crippen LogP contribution in [0.5, 0.6) is 0 Å². The highest BCUT2D eigenvalue weighted by Crippen LogP contribution is 2.21. The molecule has 0 bridgehead atoms. The quantitative estimate of drug-likeness (QED) is 0.158. The normalized spacial score (nSPS) is 15.0. The van der Waals surface area contributed by atoms with E-state index in [1.54, 1.807) is 20.8 Å². The molecule has 0 radical (unpaired) electrons. The van der Waals surface area contributed by atoms with Crippen LogP contribution in [0.25, 0.3) is 10.8 Å². The lowest BCUT2D eigenvalue weighted by atomic mass is 9.95. The van der Waals surface area contributed by atoms with Crippen LogP contribution in [-0.2, 0) is 25.5 Å². The second kappa shape index (κ2) is 18.6. The summed E-state index contributed by atoms with van der Waals surface area (Å²) in [5, 5.41) is 24.4. The lowest BCUT2D eigenvalue weighted by Crippen LogP contribution is -2.57. The highest BCUT2D eigenvalue weighted by Gasteiger charge is 2.32. The number of amides is 4. The third-order valence-electron chi connectivity index (χ3n) is 7.91. The number of benzene rings is 2. The average molecular weight is 655 g/mol. The number of nitrogens with one attached hydrogen (secondary N) is 4. The molecule has 5 N–H and O–H groups in total. The Morgan fingerprint density at radius 1 is 0.809 bits per heavy atom. The van der Waals surface area contributed by atoms with Crippen molar-refractivity contribution >= 4 is 34.6 Å². The van der Waals surface area contributed by atoms with Crippen molar-refractivity contribution < 1.29 is 29.0 Å². The molecule has 1 unspecified atom stereocenters. The molecule has 2 aromatic rings. The summed E-state index contributed by atoms with van der Waals surface area (Å²) in [5.74, 6) is -0.789. The van der Waals surface area contributed by atoms with Gasteiger partial charge >= 0.3 is 6.09 Å². The fourth-order valence-corrected chi connectivity index (χ4v) is 5.26. The monoisotopic (exact) mass is 654 g/mol. The molecule has 47 heavy (non-hydrogen) atoms. The highest BCUT2D eigenvalue weighted by atomic mass is 16.6. The Balaban J connectivity index is 2.30. The lowest BCUT2D eigenvalue weighted by Gasteiger charge is -2.30. The molecule has 4 amide bonds. The van der Waals surface area contributed by atoms with Crippen molar-refractivity contribution in [2.75, 3.05) is 6.54 Å². The van der Waals surface area contributed by atoms with E-state index in [0.717, 1.165) is 22.8 Å². The van der Waals surface area contributed by atoms with E-state index in [4.69, 9.17) is 4.74 Å². The van der Waals surface area contributed by atoms with Crippen LogP contribution >= 0.6 is 0 Å². The van der Waals surface area contributed by atoms with E-state index in [0.29, 0.717) is 25.3 Å². The van der Waals surface area contributed by atoms with Gasteiger partial charge in [0.1, 0.15) is 17.7 Å². The Kier molecular flexibility index (Phi) is 15.7. The number of ether oxygens (including phenoxy) is 1. The third-order valence-corrected chi connectivity index (χ3v) is 7.91. The van der Waals surface area contributed by atoms with Crippen LogP contribution in [0.2, 0.25) is 0 Å². The maximum absolute atomic E-state index is 13.9. The molecular weight excluding hydrogens is 596 g/mol. The summed E-state index contributed by atoms with van der Waals surface area (Å²) in [6.45, 7) is 17.7. The summed E-state index contributed by atoms with van der Waals surface area (Å²) in [4.78, 5) is 53.1. The lowest BCUT2D eigenvalue weighted by molar-refractivity contribution is -0.131. The zero-order valence-corrected chi connectivity index (χ0v) is 29.8. The SMILES string of the molecule is CCC(C)CNC(=O)C[C@H](O)[C@H](CC(C)C)NC(=O)[C@H](CC(C)C)NC(=O)[C@H](Cc1cccc2ccccc12)NC(=O)OC(C)(C)C. The Labute approximate surface area is 281 Å². The number of rotatable bonds is 17. The van der Waals surface area contributed by atoms with E-state index in [9.17, 15) is 24.3 Å². The van der Waals surface area contributed by atoms with Gasteiger partial charge in [0.25, 0.3) is 0 Å². The average Bonchev–Trinajstić information content (AvgIpc) is 2.97. The van der Waals surface area contributed by atoms with Crippen LogP contribution in [0.15, 0.2) is 42.5 Å². The molecule has 0 aliphatic heterocycles. The van der Waals surface area contributed by atoms with Crippen molar-refractivity contribution in [1.29, 1.82) is 0 Å². The number of aliphatic hydroxyl groups is 1. The zero-order chi connectivity index (χ0) is 35.3. The van der Waals surface area contributed by atoms with Crippen molar-refractivity contribution in [3.05, 3.63) is 48.0 Å². The summed E-state index contributed by atoms with van der Waals surface area (Å²) < 4.78 is 5.48. The number of alkyl carbamates (subject to hydrolysis) is 1. The van der Waals surface area contributed by atoms with E-state index >= 15 is 0 Å². The van der Waals surface area contributed by atoms with Crippen molar-refractivity contribution in [2.24, 2.45) is 17.8 Å². The second-order valence-corrected chi connectivity index (χ2v) is 14.6. The molecule has 0 heterocycles. The largest absolute Gasteiger partial charge is 0.444 e. The van der Waals surface area contributed by atoms with Gasteiger partial charge in [0, 0.05) is 13.0 Å². The molecule has 0 spiro atoms. The number of hydrogen-bond donors (Lipinski definition) is 5. The fraction of sp³-hybridized carbons (Fsp3) is 0.622. The minimum Gasteiger partial charge on any atom is -0.444 e. The first-order chi connectivity index (χ1) is 22.0. The highest BCUT2D eigenvalue weighted by molar-refractivity contribution is 5.93. The Bertz CT molecular complexity index is 1320. The van der Waals surface area contributed by atoms with Crippen LogP contribution in [-0.4, -0.2) is 65.3 Å². The summed E-state index contributed by atoms with van der Waals surface area (Å²) in [5.41, 5.74) is 0.0815. The van der Waals surface area contributed by atoms with Gasteiger partial charge in [-0.2, -0.15) is 0 Å². The topological polar surface area (TPSA) is 146 Å². The van der Waals surface area contributed by atoms with Crippen LogP contribution in [0, 0.1) is 17.8 Å². The molecule has 0 aliphatic carbocycles. The molecule has 0 fully saturated rings. The molecule has 0 aliphatic rings. The molecule has 10 heteroatoms. The molecule has 2 rings (SSSR count). The third kappa shape index (κ3) is 14.3. The fourth-order valence-electron chi connectivity index (χ4n) is 5.26. The van der Waals surface area contributed by atoms with Crippen molar-refractivity contribution in [3.63, 3.8) is 0 Å². The Morgan fingerprint density at radius 2 is 1.43 bits per heavy atom. The first-order valence-electron chi connectivity index (χ1n) is 17.0. The van der Waals surface area contributed by atoms with Crippen LogP contribution < -0.4 is 21.3 Å². The number of fused-ring (bicyclic) bond motifs is 1. The molecular formula is C37H58N4O6. The first kappa shape index (κ1) is 39.5. The van der Waals surface area contributed by atoms with Gasteiger partial charge in [0.15, 0.2) is 0 Å². The van der Waals surface area contributed by atoms with Crippen LogP contribution in [0.3, 0.4) is 0 Å². The molecule has 5 atom stereocenters. The number of carbonyl (C=O) groups is 4. The van der Waals surface area contributed by atoms with E-state index in [-0.39, 0.29) is 30.6 Å². The Morgan fingerprint density at radius 3 is 2.04 bits per heavy atom. The van der Waals surface area contributed by atoms with Gasteiger partial charge in [0.05, 0.1) is 18.6 Å². The summed E-state index contributed by atoms with van der Waals surface area (Å²) in [7, 11) is 0. The zero-order valence-electron chi connectivity index (χ0n) is 29.8. The van der Waals surface area contributed by atoms with Gasteiger partial charge in [-0.05, 0) is 67.7 Å². The van der Waals surface area contributed by atoms with Gasteiger partial charge in [0.2, 0.25) is 17.7 Å². The molecule has 2 aromatic carbocycles. The van der Waals surface area contributed by atoms with E-state index in [1.165, 1.54) is 0 Å². The van der Waals surface area contributed by atoms with E-state index < -0.39 is 47.7 Å². The van der Waals surface area contributed by atoms with Gasteiger partial charge in [-0.25, -0.2) is 4.79 Å². The molecule has 10 nitrogen and oxygen atoms in total. The summed E-state index contributed by atoms with van der Waals surface area (Å²) >= 11 is 0. The molecule has 0 saturated heterocycles. The van der Waals surface area contributed by atoms with Gasteiger partial charge < -0.3 is 31.1 Å². The number of carbonyl (C=O) groups excluding carboxylic acids is 4. The predicted molar refractivity (Wildman–Crippen MR) is 187 cm³/mol. The second-order valence-electron chi connectivity index (χ2n) is 14.6. The first-order valence-corrected chi connectivity index (χ1v) is 17.0. The number of hydrogen-bond acceptors (Lipinski definition) is 6. The predicted octanol–water partition coefficient (Wildman–Crippen LogP) is 5.25. The molecule has 0 aromatic heterocycles. The smallest absolute Gasteiger partial charge is 0.408 e. The van der Waals surface area contributed by atoms with Crippen LogP contribution in [0.4, 0.5) is 4.79 Å². The minimum absolute atomic E-state index is 0.0428. The minimum atomic E-state index is -1.11. The maximum Gasteiger partial charge on any atom is 0.408 e. The number of aliphatic hydroxyl groups excluding tert-OH is 1. The maximum atomic E-state index is 13.9. The molecule has 262 valence electrons. The van der Waals surface area contributed by atoms with Crippen molar-refractivity contribution in [3.8, 4) is 0 Å². The van der Waals surface area contributed by atoms with Gasteiger partial charge in [-0.3, -0.25) is 14.4 Å².